The van der Waals surface area contributed by atoms with Gasteiger partial charge in [0.25, 0.3) is 16.8 Å². The highest BCUT2D eigenvalue weighted by molar-refractivity contribution is 8.18. The number of halogens is 1. The summed E-state index contributed by atoms with van der Waals surface area (Å²) in [4.78, 5) is 49.8. The first kappa shape index (κ1) is 24.3. The van der Waals surface area contributed by atoms with Crippen LogP contribution in [0.2, 0.25) is 5.02 Å². The van der Waals surface area contributed by atoms with Gasteiger partial charge in [0.15, 0.2) is 0 Å². The number of rotatable bonds is 6. The fourth-order valence-electron chi connectivity index (χ4n) is 3.87. The number of imide groups is 1. The number of amides is 3. The number of hydrogen-bond acceptors (Lipinski definition) is 7. The fraction of sp³-hybridized carbons (Fsp3) is 0.0385. The molecule has 0 radical (unpaired) electrons. The summed E-state index contributed by atoms with van der Waals surface area (Å²) in [5.41, 5.74) is 0.559. The summed E-state index contributed by atoms with van der Waals surface area (Å²) in [6.45, 7) is -0.453. The lowest BCUT2D eigenvalue weighted by Crippen LogP contribution is -2.36. The second kappa shape index (κ2) is 9.92. The molecule has 1 aromatic heterocycles. The molecule has 0 spiro atoms. The highest BCUT2D eigenvalue weighted by Crippen LogP contribution is 2.36. The summed E-state index contributed by atoms with van der Waals surface area (Å²) >= 11 is 6.54. The van der Waals surface area contributed by atoms with Crippen LogP contribution in [-0.4, -0.2) is 33.4 Å². The van der Waals surface area contributed by atoms with Gasteiger partial charge < -0.3 is 9.73 Å². The van der Waals surface area contributed by atoms with Gasteiger partial charge in [0.1, 0.15) is 18.1 Å². The van der Waals surface area contributed by atoms with Gasteiger partial charge in [0.2, 0.25) is 5.91 Å². The number of carbonyl (C=O) groups is 3. The minimum absolute atomic E-state index is 0.0643. The molecule has 11 heteroatoms. The van der Waals surface area contributed by atoms with Crippen molar-refractivity contribution in [3.8, 4) is 11.3 Å². The zero-order valence-corrected chi connectivity index (χ0v) is 20.4. The number of hydrogen-bond donors (Lipinski definition) is 1. The fourth-order valence-corrected chi connectivity index (χ4v) is 4.86. The number of nitro groups is 1. The van der Waals surface area contributed by atoms with Crippen LogP contribution in [0.4, 0.5) is 16.2 Å². The highest BCUT2D eigenvalue weighted by Gasteiger charge is 2.36. The van der Waals surface area contributed by atoms with Crippen molar-refractivity contribution in [3.63, 3.8) is 0 Å². The maximum Gasteiger partial charge on any atom is 0.294 e. The number of fused-ring (bicyclic) bond motifs is 1. The van der Waals surface area contributed by atoms with Gasteiger partial charge in [-0.2, -0.15) is 0 Å². The molecule has 3 aromatic carbocycles. The Balaban J connectivity index is 1.32. The first-order chi connectivity index (χ1) is 17.8. The molecule has 1 fully saturated rings. The first-order valence-corrected chi connectivity index (χ1v) is 12.1. The van der Waals surface area contributed by atoms with Gasteiger partial charge in [-0.25, -0.2) is 0 Å². The number of benzene rings is 3. The third kappa shape index (κ3) is 4.97. The third-order valence-electron chi connectivity index (χ3n) is 5.56. The van der Waals surface area contributed by atoms with Crippen LogP contribution < -0.4 is 5.32 Å². The maximum absolute atomic E-state index is 12.9. The van der Waals surface area contributed by atoms with Gasteiger partial charge in [-0.05, 0) is 47.5 Å². The van der Waals surface area contributed by atoms with E-state index in [0.29, 0.717) is 17.4 Å². The number of anilines is 1. The van der Waals surface area contributed by atoms with E-state index in [4.69, 9.17) is 16.0 Å². The quantitative estimate of drug-likeness (QED) is 0.174. The zero-order valence-electron chi connectivity index (χ0n) is 18.8. The van der Waals surface area contributed by atoms with Crippen molar-refractivity contribution < 1.29 is 23.7 Å². The minimum atomic E-state index is -0.640. The smallest absolute Gasteiger partial charge is 0.294 e. The van der Waals surface area contributed by atoms with Crippen LogP contribution in [0.25, 0.3) is 28.2 Å². The van der Waals surface area contributed by atoms with Crippen LogP contribution in [0.15, 0.2) is 82.1 Å². The summed E-state index contributed by atoms with van der Waals surface area (Å²) in [5, 5.41) is 15.5. The molecule has 1 N–H and O–H groups in total. The third-order valence-corrected chi connectivity index (χ3v) is 6.70. The molecule has 0 aliphatic carbocycles. The van der Waals surface area contributed by atoms with Crippen LogP contribution in [0.1, 0.15) is 5.76 Å². The van der Waals surface area contributed by atoms with Crippen molar-refractivity contribution in [2.45, 2.75) is 0 Å². The molecule has 0 atom stereocenters. The Morgan fingerprint density at radius 1 is 1.08 bits per heavy atom. The number of furan rings is 1. The van der Waals surface area contributed by atoms with Crippen molar-refractivity contribution >= 4 is 68.6 Å². The summed E-state index contributed by atoms with van der Waals surface area (Å²) < 4.78 is 5.68. The molecule has 0 bridgehead atoms. The predicted molar refractivity (Wildman–Crippen MR) is 141 cm³/mol. The molecule has 2 heterocycles. The summed E-state index contributed by atoms with van der Waals surface area (Å²) in [6.07, 6.45) is 1.36. The van der Waals surface area contributed by atoms with E-state index < -0.39 is 28.5 Å². The topological polar surface area (TPSA) is 123 Å². The Morgan fingerprint density at radius 2 is 1.86 bits per heavy atom. The molecule has 184 valence electrons. The molecule has 3 amide bonds. The number of nitrogens with one attached hydrogen (secondary N) is 1. The van der Waals surface area contributed by atoms with Crippen LogP contribution in [0.5, 0.6) is 0 Å². The van der Waals surface area contributed by atoms with Gasteiger partial charge in [-0.3, -0.25) is 29.4 Å². The van der Waals surface area contributed by atoms with Gasteiger partial charge >= 0.3 is 0 Å². The Bertz CT molecular complexity index is 1620. The molecule has 0 unspecified atom stereocenters. The summed E-state index contributed by atoms with van der Waals surface area (Å²) in [5.74, 6) is -0.748. The monoisotopic (exact) mass is 533 g/mol. The van der Waals surface area contributed by atoms with Crippen molar-refractivity contribution in [2.75, 3.05) is 11.9 Å². The molecule has 0 saturated carbocycles. The minimum Gasteiger partial charge on any atom is -0.456 e. The number of carbonyl (C=O) groups excluding carboxylic acids is 3. The van der Waals surface area contributed by atoms with Crippen molar-refractivity contribution in [1.82, 2.24) is 4.90 Å². The van der Waals surface area contributed by atoms with Crippen molar-refractivity contribution in [3.05, 3.63) is 98.6 Å². The number of nitrogens with zero attached hydrogens (tertiary/aromatic N) is 2. The summed E-state index contributed by atoms with van der Waals surface area (Å²) in [7, 11) is 0. The van der Waals surface area contributed by atoms with E-state index in [1.54, 1.807) is 12.1 Å². The van der Waals surface area contributed by atoms with E-state index in [0.717, 1.165) is 15.7 Å². The van der Waals surface area contributed by atoms with Crippen LogP contribution >= 0.6 is 23.4 Å². The Labute approximate surface area is 218 Å². The second-order valence-corrected chi connectivity index (χ2v) is 9.39. The van der Waals surface area contributed by atoms with E-state index in [9.17, 15) is 24.5 Å². The van der Waals surface area contributed by atoms with E-state index in [1.807, 2.05) is 30.3 Å². The molecule has 4 aromatic rings. The maximum atomic E-state index is 12.9. The van der Waals surface area contributed by atoms with Crippen molar-refractivity contribution in [2.24, 2.45) is 0 Å². The number of nitro benzene ring substituents is 1. The van der Waals surface area contributed by atoms with Crippen LogP contribution in [0.3, 0.4) is 0 Å². The van der Waals surface area contributed by atoms with Gasteiger partial charge in [0.05, 0.1) is 15.4 Å². The van der Waals surface area contributed by atoms with Gasteiger partial charge in [-0.15, -0.1) is 0 Å². The molecule has 1 aliphatic rings. The zero-order chi connectivity index (χ0) is 26.1. The SMILES string of the molecule is O=C(CN1C(=O)S/C(=C/c2ccc(-c3ccc(Cl)cc3[N+](=O)[O-])o2)C1=O)Nc1cccc2ccccc12. The van der Waals surface area contributed by atoms with E-state index in [1.165, 1.54) is 36.4 Å². The lowest BCUT2D eigenvalue weighted by atomic mass is 10.1. The van der Waals surface area contributed by atoms with Crippen molar-refractivity contribution in [1.29, 1.82) is 0 Å². The molecular weight excluding hydrogens is 518 g/mol. The average Bonchev–Trinajstić information content (AvgIpc) is 3.44. The van der Waals surface area contributed by atoms with E-state index in [2.05, 4.69) is 5.32 Å². The number of thioether (sulfide) groups is 1. The molecule has 9 nitrogen and oxygen atoms in total. The predicted octanol–water partition coefficient (Wildman–Crippen LogP) is 6.34. The van der Waals surface area contributed by atoms with Crippen LogP contribution in [-0.2, 0) is 9.59 Å². The normalized spacial score (nSPS) is 14.5. The molecule has 37 heavy (non-hydrogen) atoms. The largest absolute Gasteiger partial charge is 0.456 e. The Kier molecular flexibility index (Phi) is 6.51. The lowest BCUT2D eigenvalue weighted by molar-refractivity contribution is -0.384. The van der Waals surface area contributed by atoms with E-state index >= 15 is 0 Å². The lowest BCUT2D eigenvalue weighted by Gasteiger charge is -2.13. The molecule has 1 saturated heterocycles. The van der Waals surface area contributed by atoms with Gasteiger partial charge in [-0.1, -0.05) is 48.0 Å². The molecule has 1 aliphatic heterocycles. The van der Waals surface area contributed by atoms with Crippen LogP contribution in [0, 0.1) is 10.1 Å². The Hall–Kier alpha value is -4.41. The first-order valence-electron chi connectivity index (χ1n) is 10.9. The molecule has 5 rings (SSSR count). The average molecular weight is 534 g/mol. The van der Waals surface area contributed by atoms with E-state index in [-0.39, 0.29) is 32.7 Å². The highest BCUT2D eigenvalue weighted by atomic mass is 35.5. The standard InChI is InChI=1S/C26H16ClN3O6S/c27-16-8-10-19(21(12-16)30(34)35)22-11-9-17(36-22)13-23-25(32)29(26(33)37-23)14-24(31)28-20-7-3-5-15-4-1-2-6-18(15)20/h1-13H,14H2,(H,28,31)/b23-13+. The summed E-state index contributed by atoms with van der Waals surface area (Å²) in [6, 6.07) is 20.2. The van der Waals surface area contributed by atoms with Gasteiger partial charge in [0, 0.05) is 28.2 Å². The second-order valence-electron chi connectivity index (χ2n) is 7.96. The molecular formula is C26H16ClN3O6S. The Morgan fingerprint density at radius 3 is 2.68 bits per heavy atom.